The van der Waals surface area contributed by atoms with Gasteiger partial charge in [0.1, 0.15) is 13.2 Å². The number of carbonyl (C=O) groups excluding carboxylic acids is 2. The van der Waals surface area contributed by atoms with E-state index in [-0.39, 0.29) is 24.5 Å². The second-order valence-corrected chi connectivity index (χ2v) is 6.88. The number of aryl methyl sites for hydroxylation is 1. The predicted octanol–water partition coefficient (Wildman–Crippen LogP) is 3.11. The highest BCUT2D eigenvalue weighted by atomic mass is 32.1. The number of benzene rings is 1. The number of hydrogen-bond donors (Lipinski definition) is 1. The Labute approximate surface area is 144 Å². The SMILES string of the molecule is Cc1ccc(C(=O)CCC(=O)NCc2ccc3c(c2)OCCO3)s1. The first-order valence-corrected chi connectivity index (χ1v) is 8.68. The van der Waals surface area contributed by atoms with Crippen LogP contribution in [0.25, 0.3) is 0 Å². The summed E-state index contributed by atoms with van der Waals surface area (Å²) in [5.74, 6) is 1.32. The summed E-state index contributed by atoms with van der Waals surface area (Å²) in [6.45, 7) is 3.46. The lowest BCUT2D eigenvalue weighted by Crippen LogP contribution is -2.23. The summed E-state index contributed by atoms with van der Waals surface area (Å²) < 4.78 is 11.0. The van der Waals surface area contributed by atoms with Crippen molar-refractivity contribution in [2.24, 2.45) is 0 Å². The fraction of sp³-hybridized carbons (Fsp3) is 0.333. The minimum atomic E-state index is -0.133. The molecule has 1 N–H and O–H groups in total. The topological polar surface area (TPSA) is 64.6 Å². The Hall–Kier alpha value is -2.34. The third-order valence-electron chi connectivity index (χ3n) is 3.69. The lowest BCUT2D eigenvalue weighted by Gasteiger charge is -2.18. The minimum absolute atomic E-state index is 0.0163. The molecule has 0 unspecified atom stereocenters. The van der Waals surface area contributed by atoms with Gasteiger partial charge >= 0.3 is 0 Å². The Morgan fingerprint density at radius 3 is 2.62 bits per heavy atom. The highest BCUT2D eigenvalue weighted by Crippen LogP contribution is 2.30. The Bertz CT molecular complexity index is 753. The molecule has 0 aliphatic carbocycles. The van der Waals surface area contributed by atoms with Crippen LogP contribution in [0.1, 0.15) is 33.0 Å². The van der Waals surface area contributed by atoms with Gasteiger partial charge in [-0.2, -0.15) is 0 Å². The fourth-order valence-electron chi connectivity index (χ4n) is 2.42. The number of thiophene rings is 1. The van der Waals surface area contributed by atoms with E-state index in [9.17, 15) is 9.59 Å². The van der Waals surface area contributed by atoms with E-state index in [1.807, 2.05) is 37.3 Å². The lowest BCUT2D eigenvalue weighted by atomic mass is 10.1. The van der Waals surface area contributed by atoms with Crippen LogP contribution >= 0.6 is 11.3 Å². The highest BCUT2D eigenvalue weighted by molar-refractivity contribution is 7.14. The van der Waals surface area contributed by atoms with Gasteiger partial charge in [-0.1, -0.05) is 6.07 Å². The van der Waals surface area contributed by atoms with Crippen molar-refractivity contribution in [3.63, 3.8) is 0 Å². The monoisotopic (exact) mass is 345 g/mol. The van der Waals surface area contributed by atoms with E-state index in [1.54, 1.807) is 0 Å². The molecule has 0 bridgehead atoms. The first kappa shape index (κ1) is 16.5. The van der Waals surface area contributed by atoms with E-state index >= 15 is 0 Å². The molecule has 2 heterocycles. The summed E-state index contributed by atoms with van der Waals surface area (Å²) in [5, 5.41) is 2.83. The van der Waals surface area contributed by atoms with Gasteiger partial charge < -0.3 is 14.8 Å². The molecule has 0 radical (unpaired) electrons. The van der Waals surface area contributed by atoms with Crippen molar-refractivity contribution in [2.45, 2.75) is 26.3 Å². The van der Waals surface area contributed by atoms with Gasteiger partial charge in [0.25, 0.3) is 0 Å². The average molecular weight is 345 g/mol. The second kappa shape index (κ2) is 7.49. The molecule has 2 aromatic rings. The minimum Gasteiger partial charge on any atom is -0.486 e. The zero-order valence-corrected chi connectivity index (χ0v) is 14.3. The molecule has 6 heteroatoms. The maximum atomic E-state index is 12.0. The summed E-state index contributed by atoms with van der Waals surface area (Å²) in [7, 11) is 0. The standard InChI is InChI=1S/C18H19NO4S/c1-12-2-6-17(24-12)14(20)4-7-18(21)19-11-13-3-5-15-16(10-13)23-9-8-22-15/h2-3,5-6,10H,4,7-9,11H2,1H3,(H,19,21). The first-order chi connectivity index (χ1) is 11.6. The normalized spacial score (nSPS) is 12.7. The molecule has 1 aromatic heterocycles. The van der Waals surface area contributed by atoms with Crippen LogP contribution in [0.5, 0.6) is 11.5 Å². The van der Waals surface area contributed by atoms with Crippen LogP contribution in [0.15, 0.2) is 30.3 Å². The first-order valence-electron chi connectivity index (χ1n) is 7.87. The van der Waals surface area contributed by atoms with Crippen LogP contribution in [0.2, 0.25) is 0 Å². The van der Waals surface area contributed by atoms with Crippen molar-refractivity contribution in [3.05, 3.63) is 45.6 Å². The van der Waals surface area contributed by atoms with Gasteiger partial charge in [0.05, 0.1) is 4.88 Å². The number of nitrogens with one attached hydrogen (secondary N) is 1. The maximum Gasteiger partial charge on any atom is 0.220 e. The van der Waals surface area contributed by atoms with Crippen LogP contribution in [-0.4, -0.2) is 24.9 Å². The summed E-state index contributed by atoms with van der Waals surface area (Å²) in [4.78, 5) is 25.7. The molecule has 3 rings (SSSR count). The highest BCUT2D eigenvalue weighted by Gasteiger charge is 2.13. The summed E-state index contributed by atoms with van der Waals surface area (Å²) >= 11 is 1.46. The largest absolute Gasteiger partial charge is 0.486 e. The van der Waals surface area contributed by atoms with Crippen LogP contribution in [0, 0.1) is 6.92 Å². The zero-order chi connectivity index (χ0) is 16.9. The summed E-state index contributed by atoms with van der Waals surface area (Å²) in [6.07, 6.45) is 0.424. The molecule has 1 aromatic carbocycles. The Kier molecular flexibility index (Phi) is 5.15. The van der Waals surface area contributed by atoms with E-state index in [2.05, 4.69) is 5.32 Å². The van der Waals surface area contributed by atoms with E-state index in [4.69, 9.17) is 9.47 Å². The summed E-state index contributed by atoms with van der Waals surface area (Å²) in [5.41, 5.74) is 0.938. The second-order valence-electron chi connectivity index (χ2n) is 5.59. The van der Waals surface area contributed by atoms with E-state index in [1.165, 1.54) is 11.3 Å². The number of hydrogen-bond acceptors (Lipinski definition) is 5. The van der Waals surface area contributed by atoms with Crippen molar-refractivity contribution < 1.29 is 19.1 Å². The van der Waals surface area contributed by atoms with Gasteiger partial charge in [-0.25, -0.2) is 0 Å². The number of rotatable bonds is 6. The molecule has 5 nitrogen and oxygen atoms in total. The third-order valence-corrected chi connectivity index (χ3v) is 4.73. The molecule has 24 heavy (non-hydrogen) atoms. The Morgan fingerprint density at radius 2 is 1.88 bits per heavy atom. The molecule has 0 saturated carbocycles. The van der Waals surface area contributed by atoms with Gasteiger partial charge in [-0.05, 0) is 36.8 Å². The molecule has 1 amide bonds. The smallest absolute Gasteiger partial charge is 0.220 e. The van der Waals surface area contributed by atoms with Gasteiger partial charge in [0.15, 0.2) is 17.3 Å². The van der Waals surface area contributed by atoms with Crippen LogP contribution < -0.4 is 14.8 Å². The third kappa shape index (κ3) is 4.14. The van der Waals surface area contributed by atoms with Crippen molar-refractivity contribution >= 4 is 23.0 Å². The molecule has 1 aliphatic rings. The number of ketones is 1. The number of Topliss-reactive ketones (excluding diaryl/α,β-unsaturated/α-hetero) is 1. The molecule has 0 saturated heterocycles. The molecular weight excluding hydrogens is 326 g/mol. The van der Waals surface area contributed by atoms with E-state index in [0.29, 0.717) is 30.4 Å². The number of fused-ring (bicyclic) bond motifs is 1. The van der Waals surface area contributed by atoms with Gasteiger partial charge in [-0.3, -0.25) is 9.59 Å². The number of amides is 1. The molecule has 126 valence electrons. The Balaban J connectivity index is 1.46. The van der Waals surface area contributed by atoms with E-state index < -0.39 is 0 Å². The van der Waals surface area contributed by atoms with Crippen molar-refractivity contribution in [1.29, 1.82) is 0 Å². The van der Waals surface area contributed by atoms with Gasteiger partial charge in [-0.15, -0.1) is 11.3 Å². The molecule has 0 atom stereocenters. The maximum absolute atomic E-state index is 12.0. The fourth-order valence-corrected chi connectivity index (χ4v) is 3.26. The lowest BCUT2D eigenvalue weighted by molar-refractivity contribution is -0.121. The van der Waals surface area contributed by atoms with Crippen LogP contribution in [0.3, 0.4) is 0 Å². The van der Waals surface area contributed by atoms with Crippen molar-refractivity contribution in [2.75, 3.05) is 13.2 Å². The predicted molar refractivity (Wildman–Crippen MR) is 91.9 cm³/mol. The van der Waals surface area contributed by atoms with Gasteiger partial charge in [0, 0.05) is 24.3 Å². The molecule has 0 fully saturated rings. The van der Waals surface area contributed by atoms with Crippen molar-refractivity contribution in [3.8, 4) is 11.5 Å². The van der Waals surface area contributed by atoms with E-state index in [0.717, 1.165) is 16.2 Å². The number of ether oxygens (including phenoxy) is 2. The van der Waals surface area contributed by atoms with Crippen molar-refractivity contribution in [1.82, 2.24) is 5.32 Å². The van der Waals surface area contributed by atoms with Gasteiger partial charge in [0.2, 0.25) is 5.91 Å². The van der Waals surface area contributed by atoms with Crippen LogP contribution in [-0.2, 0) is 11.3 Å². The quantitative estimate of drug-likeness (QED) is 0.817. The average Bonchev–Trinajstić information content (AvgIpc) is 3.04. The number of carbonyl (C=O) groups is 2. The molecular formula is C18H19NO4S. The molecule has 0 spiro atoms. The molecule has 1 aliphatic heterocycles. The van der Waals surface area contributed by atoms with Crippen LogP contribution in [0.4, 0.5) is 0 Å². The summed E-state index contributed by atoms with van der Waals surface area (Å²) in [6, 6.07) is 9.34. The Morgan fingerprint density at radius 1 is 1.08 bits per heavy atom. The zero-order valence-electron chi connectivity index (χ0n) is 13.5.